The van der Waals surface area contributed by atoms with Gasteiger partial charge in [-0.25, -0.2) is 0 Å². The molecule has 5 rings (SSSR count). The Morgan fingerprint density at radius 2 is 1.94 bits per heavy atom. The molecule has 2 fully saturated rings. The maximum Gasteiger partial charge on any atom is 0.311 e. The Morgan fingerprint density at radius 3 is 2.67 bits per heavy atom. The van der Waals surface area contributed by atoms with Gasteiger partial charge in [-0.05, 0) is 55.4 Å². The molecule has 0 unspecified atom stereocenters. The van der Waals surface area contributed by atoms with E-state index in [1.807, 2.05) is 0 Å². The van der Waals surface area contributed by atoms with Gasteiger partial charge in [0.25, 0.3) is 0 Å². The van der Waals surface area contributed by atoms with Crippen LogP contribution in [0.2, 0.25) is 0 Å². The first-order valence-corrected chi connectivity index (χ1v) is 12.4. The SMILES string of the molecule is COc1cc2c(cc1OC)[C@H](C)N(C[C@@H]1C(=O)O[C@@H]3CC4=CCC[C@H](C)[C@@]4(C)[C@@H](O)[C@H]13)CC2. The molecule has 2 heterocycles. The first-order chi connectivity index (χ1) is 15.8. The molecular weight excluding hydrogens is 418 g/mol. The lowest BCUT2D eigenvalue weighted by molar-refractivity contribution is -0.145. The summed E-state index contributed by atoms with van der Waals surface area (Å²) in [5, 5.41) is 11.6. The Kier molecular flexibility index (Phi) is 5.73. The van der Waals surface area contributed by atoms with E-state index in [0.29, 0.717) is 12.5 Å². The van der Waals surface area contributed by atoms with E-state index in [4.69, 9.17) is 14.2 Å². The van der Waals surface area contributed by atoms with E-state index in [0.717, 1.165) is 43.7 Å². The van der Waals surface area contributed by atoms with Crippen LogP contribution in [0.4, 0.5) is 0 Å². The number of nitrogens with zero attached hydrogens (tertiary/aromatic N) is 1. The second kappa shape index (κ2) is 8.31. The van der Waals surface area contributed by atoms with Gasteiger partial charge in [0, 0.05) is 36.9 Å². The maximum atomic E-state index is 13.1. The van der Waals surface area contributed by atoms with Gasteiger partial charge in [-0.2, -0.15) is 0 Å². The number of methoxy groups -OCH3 is 2. The van der Waals surface area contributed by atoms with Crippen molar-refractivity contribution in [1.82, 2.24) is 4.90 Å². The molecule has 0 amide bonds. The van der Waals surface area contributed by atoms with Crippen molar-refractivity contribution in [3.8, 4) is 11.5 Å². The topological polar surface area (TPSA) is 68.2 Å². The minimum absolute atomic E-state index is 0.140. The number of esters is 1. The van der Waals surface area contributed by atoms with Crippen molar-refractivity contribution in [1.29, 1.82) is 0 Å². The summed E-state index contributed by atoms with van der Waals surface area (Å²) in [5.74, 6) is 1.27. The summed E-state index contributed by atoms with van der Waals surface area (Å²) >= 11 is 0. The third-order valence-electron chi connectivity index (χ3n) is 9.31. The van der Waals surface area contributed by atoms with Gasteiger partial charge in [0.15, 0.2) is 11.5 Å². The van der Waals surface area contributed by atoms with Crippen molar-refractivity contribution in [2.75, 3.05) is 27.3 Å². The molecule has 1 saturated heterocycles. The average molecular weight is 456 g/mol. The summed E-state index contributed by atoms with van der Waals surface area (Å²) in [6, 6.07) is 4.28. The monoisotopic (exact) mass is 455 g/mol. The summed E-state index contributed by atoms with van der Waals surface area (Å²) in [7, 11) is 3.32. The van der Waals surface area contributed by atoms with Crippen molar-refractivity contribution in [2.24, 2.45) is 23.2 Å². The molecule has 33 heavy (non-hydrogen) atoms. The van der Waals surface area contributed by atoms with Crippen LogP contribution in [-0.4, -0.2) is 55.5 Å². The van der Waals surface area contributed by atoms with Crippen LogP contribution in [0, 0.1) is 23.2 Å². The smallest absolute Gasteiger partial charge is 0.311 e. The largest absolute Gasteiger partial charge is 0.493 e. The van der Waals surface area contributed by atoms with Crippen LogP contribution in [0.15, 0.2) is 23.8 Å². The fourth-order valence-corrected chi connectivity index (χ4v) is 6.97. The van der Waals surface area contributed by atoms with Gasteiger partial charge >= 0.3 is 5.97 Å². The molecule has 2 aliphatic carbocycles. The number of fused-ring (bicyclic) bond motifs is 3. The van der Waals surface area contributed by atoms with E-state index in [9.17, 15) is 9.90 Å². The van der Waals surface area contributed by atoms with Crippen LogP contribution in [0.5, 0.6) is 11.5 Å². The Balaban J connectivity index is 1.40. The molecule has 7 atom stereocenters. The quantitative estimate of drug-likeness (QED) is 0.549. The van der Waals surface area contributed by atoms with Crippen LogP contribution in [0.3, 0.4) is 0 Å². The van der Waals surface area contributed by atoms with E-state index in [2.05, 4.69) is 43.9 Å². The third-order valence-corrected chi connectivity index (χ3v) is 9.31. The van der Waals surface area contributed by atoms with Crippen LogP contribution in [0.25, 0.3) is 0 Å². The predicted molar refractivity (Wildman–Crippen MR) is 125 cm³/mol. The molecule has 1 aromatic rings. The van der Waals surface area contributed by atoms with Crippen LogP contribution < -0.4 is 9.47 Å². The molecule has 2 aliphatic heterocycles. The van der Waals surface area contributed by atoms with E-state index in [1.54, 1.807) is 14.2 Å². The fraction of sp³-hybridized carbons (Fsp3) is 0.667. The first kappa shape index (κ1) is 22.7. The number of ether oxygens (including phenoxy) is 3. The molecule has 4 aliphatic rings. The predicted octanol–water partition coefficient (Wildman–Crippen LogP) is 3.91. The Labute approximate surface area is 196 Å². The molecule has 0 radical (unpaired) electrons. The normalized spacial score (nSPS) is 38.0. The molecule has 0 aromatic heterocycles. The zero-order chi connectivity index (χ0) is 23.5. The standard InChI is InChI=1S/C27H37NO5/c1-15-7-6-8-18-12-23-24(25(29)27(15,18)3)20(26(30)33-23)14-28-10-9-17-11-21(31-4)22(32-5)13-19(17)16(28)2/h8,11,13,15-16,20,23-25,29H,6-7,9-10,12,14H2,1-5H3/t15-,16-,20-,23+,24+,25-,27+/m0/s1. The van der Waals surface area contributed by atoms with Gasteiger partial charge in [-0.3, -0.25) is 9.69 Å². The minimum Gasteiger partial charge on any atom is -0.493 e. The van der Waals surface area contributed by atoms with Crippen LogP contribution in [-0.2, 0) is 16.0 Å². The van der Waals surface area contributed by atoms with Crippen LogP contribution in [0.1, 0.15) is 57.2 Å². The number of rotatable bonds is 4. The van der Waals surface area contributed by atoms with Crippen molar-refractivity contribution < 1.29 is 24.1 Å². The van der Waals surface area contributed by atoms with Gasteiger partial charge < -0.3 is 19.3 Å². The number of aliphatic hydroxyl groups excluding tert-OH is 1. The molecule has 1 N–H and O–H groups in total. The molecule has 0 bridgehead atoms. The molecule has 6 heteroatoms. The van der Waals surface area contributed by atoms with Crippen molar-refractivity contribution in [3.63, 3.8) is 0 Å². The first-order valence-electron chi connectivity index (χ1n) is 12.4. The number of carbonyl (C=O) groups is 1. The lowest BCUT2D eigenvalue weighted by atomic mass is 9.55. The number of hydrogen-bond acceptors (Lipinski definition) is 6. The van der Waals surface area contributed by atoms with Gasteiger partial charge in [-0.15, -0.1) is 0 Å². The highest BCUT2D eigenvalue weighted by atomic mass is 16.6. The Morgan fingerprint density at radius 1 is 1.21 bits per heavy atom. The maximum absolute atomic E-state index is 13.1. The van der Waals surface area contributed by atoms with Crippen molar-refractivity contribution in [2.45, 2.75) is 64.7 Å². The lowest BCUT2D eigenvalue weighted by Crippen LogP contribution is -2.55. The van der Waals surface area contributed by atoms with E-state index in [1.165, 1.54) is 16.7 Å². The summed E-state index contributed by atoms with van der Waals surface area (Å²) in [5.41, 5.74) is 3.49. The Hall–Kier alpha value is -2.05. The summed E-state index contributed by atoms with van der Waals surface area (Å²) in [6.45, 7) is 8.09. The highest BCUT2D eigenvalue weighted by molar-refractivity contribution is 5.76. The Bertz CT molecular complexity index is 974. The van der Waals surface area contributed by atoms with E-state index < -0.39 is 6.10 Å². The number of aliphatic hydroxyl groups is 1. The molecule has 0 spiro atoms. The highest BCUT2D eigenvalue weighted by Crippen LogP contribution is 2.56. The summed E-state index contributed by atoms with van der Waals surface area (Å²) in [4.78, 5) is 15.4. The summed E-state index contributed by atoms with van der Waals surface area (Å²) < 4.78 is 16.9. The highest BCUT2D eigenvalue weighted by Gasteiger charge is 2.60. The van der Waals surface area contributed by atoms with Gasteiger partial charge in [0.2, 0.25) is 0 Å². The van der Waals surface area contributed by atoms with E-state index in [-0.39, 0.29) is 35.4 Å². The number of allylic oxidation sites excluding steroid dienone is 1. The molecule has 1 aromatic carbocycles. The van der Waals surface area contributed by atoms with Crippen molar-refractivity contribution in [3.05, 3.63) is 34.9 Å². The van der Waals surface area contributed by atoms with E-state index >= 15 is 0 Å². The zero-order valence-corrected chi connectivity index (χ0v) is 20.5. The van der Waals surface area contributed by atoms with Crippen molar-refractivity contribution >= 4 is 5.97 Å². The second-order valence-electron chi connectivity index (χ2n) is 10.6. The number of benzene rings is 1. The summed E-state index contributed by atoms with van der Waals surface area (Å²) in [6.07, 6.45) is 5.29. The third kappa shape index (κ3) is 3.40. The fourth-order valence-electron chi connectivity index (χ4n) is 6.97. The molecule has 1 saturated carbocycles. The molecule has 180 valence electrons. The molecular formula is C27H37NO5. The van der Waals surface area contributed by atoms with Gasteiger partial charge in [0.05, 0.1) is 26.2 Å². The van der Waals surface area contributed by atoms with Gasteiger partial charge in [-0.1, -0.05) is 25.5 Å². The van der Waals surface area contributed by atoms with Gasteiger partial charge in [0.1, 0.15) is 6.10 Å². The average Bonchev–Trinajstić information content (AvgIpc) is 3.11. The number of carbonyl (C=O) groups excluding carboxylic acids is 1. The lowest BCUT2D eigenvalue weighted by Gasteiger charge is -2.52. The second-order valence-corrected chi connectivity index (χ2v) is 10.6. The minimum atomic E-state index is -0.564. The molecule has 6 nitrogen and oxygen atoms in total. The number of hydrogen-bond donors (Lipinski definition) is 1. The van der Waals surface area contributed by atoms with Crippen LogP contribution >= 0.6 is 0 Å². The zero-order valence-electron chi connectivity index (χ0n) is 20.5.